The highest BCUT2D eigenvalue weighted by molar-refractivity contribution is 6.05. The van der Waals surface area contributed by atoms with E-state index in [0.29, 0.717) is 11.8 Å². The van der Waals surface area contributed by atoms with Crippen LogP contribution in [0.1, 0.15) is 77.4 Å². The van der Waals surface area contributed by atoms with Gasteiger partial charge in [0, 0.05) is 30.0 Å². The normalized spacial score (nSPS) is 29.2. The average Bonchev–Trinajstić information content (AvgIpc) is 3.37. The van der Waals surface area contributed by atoms with Gasteiger partial charge in [0.1, 0.15) is 0 Å². The zero-order valence-corrected chi connectivity index (χ0v) is 17.3. The highest BCUT2D eigenvalue weighted by Crippen LogP contribution is 2.56. The van der Waals surface area contributed by atoms with Gasteiger partial charge in [0.2, 0.25) is 0 Å². The second-order valence-electron chi connectivity index (χ2n) is 9.77. The Balaban J connectivity index is 1.43. The molecule has 0 spiro atoms. The van der Waals surface area contributed by atoms with Crippen LogP contribution in [0.25, 0.3) is 0 Å². The molecule has 0 unspecified atom stereocenters. The number of anilines is 2. The minimum atomic E-state index is 0.0182. The molecule has 2 aliphatic heterocycles. The number of carbonyl (C=O) groups is 1. The zero-order chi connectivity index (χ0) is 19.5. The van der Waals surface area contributed by atoms with Gasteiger partial charge in [0.05, 0.1) is 0 Å². The number of hydrogen-bond donors (Lipinski definition) is 1. The summed E-state index contributed by atoms with van der Waals surface area (Å²) in [6.45, 7) is 4.52. The Labute approximate surface area is 173 Å². The Morgan fingerprint density at radius 1 is 0.931 bits per heavy atom. The number of aryl methyl sites for hydroxylation is 1. The van der Waals surface area contributed by atoms with Gasteiger partial charge in [-0.05, 0) is 91.2 Å². The van der Waals surface area contributed by atoms with Crippen molar-refractivity contribution < 1.29 is 4.79 Å². The topological polar surface area (TPSA) is 32.3 Å². The van der Waals surface area contributed by atoms with Crippen molar-refractivity contribution in [3.05, 3.63) is 58.7 Å². The van der Waals surface area contributed by atoms with Crippen LogP contribution in [0.3, 0.4) is 0 Å². The summed E-state index contributed by atoms with van der Waals surface area (Å²) in [5.74, 6) is 3.00. The standard InChI is InChI=1S/C26H30N2O/c1-16-6-2-3-9-20(16)26(29)27-19-12-23-21-10-4-7-17(21)14-28-15-18-8-5-11-22(18)24(13-19)25(23)28/h2-3,6,9,12-13,17-18,21-22H,4-5,7-8,10-11,14-15H2,1H3,(H,27,29)/t17-,18-,21-,22+/m0/s1. The van der Waals surface area contributed by atoms with Gasteiger partial charge in [-0.15, -0.1) is 0 Å². The van der Waals surface area contributed by atoms with E-state index in [4.69, 9.17) is 0 Å². The van der Waals surface area contributed by atoms with E-state index in [9.17, 15) is 4.79 Å². The number of nitrogens with zero attached hydrogens (tertiary/aromatic N) is 1. The van der Waals surface area contributed by atoms with Crippen molar-refractivity contribution >= 4 is 17.3 Å². The van der Waals surface area contributed by atoms with Gasteiger partial charge >= 0.3 is 0 Å². The maximum Gasteiger partial charge on any atom is 0.255 e. The van der Waals surface area contributed by atoms with Crippen LogP contribution in [0.4, 0.5) is 11.4 Å². The first-order valence-electron chi connectivity index (χ1n) is 11.5. The summed E-state index contributed by atoms with van der Waals surface area (Å²) in [6, 6.07) is 12.5. The van der Waals surface area contributed by atoms with E-state index in [1.165, 1.54) is 62.7 Å². The smallest absolute Gasteiger partial charge is 0.255 e. The van der Waals surface area contributed by atoms with Crippen LogP contribution >= 0.6 is 0 Å². The summed E-state index contributed by atoms with van der Waals surface area (Å²) in [7, 11) is 0. The summed E-state index contributed by atoms with van der Waals surface area (Å²) in [5.41, 5.74) is 7.42. The van der Waals surface area contributed by atoms with Crippen molar-refractivity contribution in [2.45, 2.75) is 57.3 Å². The summed E-state index contributed by atoms with van der Waals surface area (Å²) in [5, 5.41) is 3.27. The molecule has 2 saturated carbocycles. The molecule has 0 bridgehead atoms. The molecule has 0 aromatic heterocycles. The third kappa shape index (κ3) is 2.73. The van der Waals surface area contributed by atoms with Crippen molar-refractivity contribution in [2.24, 2.45) is 11.8 Å². The molecule has 0 radical (unpaired) electrons. The number of benzene rings is 2. The summed E-state index contributed by atoms with van der Waals surface area (Å²) < 4.78 is 0. The Bertz CT molecular complexity index is 935. The first-order valence-corrected chi connectivity index (χ1v) is 11.5. The van der Waals surface area contributed by atoms with E-state index in [1.807, 2.05) is 31.2 Å². The molecular formula is C26H30N2O. The van der Waals surface area contributed by atoms with Gasteiger partial charge in [-0.2, -0.15) is 0 Å². The van der Waals surface area contributed by atoms with Crippen LogP contribution in [0.5, 0.6) is 0 Å². The molecule has 2 heterocycles. The fourth-order valence-corrected chi connectivity index (χ4v) is 6.86. The molecule has 1 N–H and O–H groups in total. The minimum absolute atomic E-state index is 0.0182. The van der Waals surface area contributed by atoms with Crippen LogP contribution < -0.4 is 10.2 Å². The van der Waals surface area contributed by atoms with Crippen LogP contribution in [0.15, 0.2) is 36.4 Å². The predicted octanol–water partition coefficient (Wildman–Crippen LogP) is 5.85. The lowest BCUT2D eigenvalue weighted by Crippen LogP contribution is -2.43. The molecule has 4 atom stereocenters. The van der Waals surface area contributed by atoms with Crippen molar-refractivity contribution in [3.8, 4) is 0 Å². The summed E-state index contributed by atoms with van der Waals surface area (Å²) >= 11 is 0. The lowest BCUT2D eigenvalue weighted by Gasteiger charge is -2.46. The minimum Gasteiger partial charge on any atom is -0.370 e. The average molecular weight is 387 g/mol. The van der Waals surface area contributed by atoms with E-state index in [-0.39, 0.29) is 5.91 Å². The van der Waals surface area contributed by atoms with Crippen molar-refractivity contribution in [1.82, 2.24) is 0 Å². The fourth-order valence-electron chi connectivity index (χ4n) is 6.86. The van der Waals surface area contributed by atoms with E-state index in [1.54, 1.807) is 5.69 Å². The van der Waals surface area contributed by atoms with Crippen molar-refractivity contribution in [3.63, 3.8) is 0 Å². The molecule has 1 amide bonds. The maximum absolute atomic E-state index is 13.0. The van der Waals surface area contributed by atoms with Gasteiger partial charge in [0.15, 0.2) is 0 Å². The van der Waals surface area contributed by atoms with Crippen molar-refractivity contribution in [2.75, 3.05) is 23.3 Å². The third-order valence-corrected chi connectivity index (χ3v) is 8.16. The van der Waals surface area contributed by atoms with Gasteiger partial charge in [-0.3, -0.25) is 4.79 Å². The number of fused-ring (bicyclic) bond motifs is 4. The lowest BCUT2D eigenvalue weighted by molar-refractivity contribution is 0.102. The van der Waals surface area contributed by atoms with Gasteiger partial charge in [-0.1, -0.05) is 31.0 Å². The number of nitrogens with one attached hydrogen (secondary N) is 1. The fraction of sp³-hybridized carbons (Fsp3) is 0.500. The largest absolute Gasteiger partial charge is 0.370 e. The molecule has 150 valence electrons. The molecule has 3 heteroatoms. The van der Waals surface area contributed by atoms with E-state index in [0.717, 1.165) is 28.7 Å². The van der Waals surface area contributed by atoms with Gasteiger partial charge in [0.25, 0.3) is 5.91 Å². The van der Waals surface area contributed by atoms with Crippen LogP contribution in [-0.2, 0) is 0 Å². The zero-order valence-electron chi connectivity index (χ0n) is 17.3. The van der Waals surface area contributed by atoms with Crippen LogP contribution in [0, 0.1) is 18.8 Å². The molecule has 29 heavy (non-hydrogen) atoms. The molecule has 2 aromatic carbocycles. The maximum atomic E-state index is 13.0. The molecule has 4 aliphatic rings. The van der Waals surface area contributed by atoms with E-state index >= 15 is 0 Å². The first-order chi connectivity index (χ1) is 14.2. The second kappa shape index (κ2) is 6.62. The third-order valence-electron chi connectivity index (χ3n) is 8.16. The molecule has 2 fully saturated rings. The summed E-state index contributed by atoms with van der Waals surface area (Å²) in [4.78, 5) is 15.7. The Kier molecular flexibility index (Phi) is 4.01. The quantitative estimate of drug-likeness (QED) is 0.702. The lowest BCUT2D eigenvalue weighted by atomic mass is 9.75. The first kappa shape index (κ1) is 17.6. The Hall–Kier alpha value is -2.29. The van der Waals surface area contributed by atoms with Crippen LogP contribution in [-0.4, -0.2) is 19.0 Å². The number of amides is 1. The molecule has 6 rings (SSSR count). The second-order valence-corrected chi connectivity index (χ2v) is 9.77. The highest BCUT2D eigenvalue weighted by atomic mass is 16.1. The monoisotopic (exact) mass is 386 g/mol. The van der Waals surface area contributed by atoms with Crippen molar-refractivity contribution in [1.29, 1.82) is 0 Å². The molecule has 0 saturated heterocycles. The summed E-state index contributed by atoms with van der Waals surface area (Å²) in [6.07, 6.45) is 8.06. The molecule has 2 aliphatic carbocycles. The van der Waals surface area contributed by atoms with E-state index in [2.05, 4.69) is 22.3 Å². The number of carbonyl (C=O) groups excluding carboxylic acids is 1. The van der Waals surface area contributed by atoms with E-state index < -0.39 is 0 Å². The number of rotatable bonds is 2. The number of hydrogen-bond acceptors (Lipinski definition) is 2. The molecular weight excluding hydrogens is 356 g/mol. The SMILES string of the molecule is Cc1ccccc1C(=O)Nc1cc2c3c(c1)[C@@H]1CCC[C@H]1CN3C[C@@H]1CCC[C@H]21. The highest BCUT2D eigenvalue weighted by Gasteiger charge is 2.44. The van der Waals surface area contributed by atoms with Gasteiger partial charge < -0.3 is 10.2 Å². The molecule has 2 aromatic rings. The predicted molar refractivity (Wildman–Crippen MR) is 118 cm³/mol. The van der Waals surface area contributed by atoms with Crippen LogP contribution in [0.2, 0.25) is 0 Å². The molecule has 3 nitrogen and oxygen atoms in total. The Morgan fingerprint density at radius 3 is 2.17 bits per heavy atom. The Morgan fingerprint density at radius 2 is 1.55 bits per heavy atom. The van der Waals surface area contributed by atoms with Gasteiger partial charge in [-0.25, -0.2) is 0 Å².